The van der Waals surface area contributed by atoms with Gasteiger partial charge < -0.3 is 10.1 Å². The molecule has 0 amide bonds. The Morgan fingerprint density at radius 2 is 2.25 bits per heavy atom. The zero-order valence-electron chi connectivity index (χ0n) is 11.7. The van der Waals surface area contributed by atoms with Gasteiger partial charge >= 0.3 is 0 Å². The second-order valence-corrected chi connectivity index (χ2v) is 7.05. The number of thiophene rings is 1. The van der Waals surface area contributed by atoms with Crippen LogP contribution in [-0.4, -0.2) is 24.9 Å². The minimum absolute atomic E-state index is 0.193. The smallest absolute Gasteiger partial charge is 0.137 e. The Bertz CT molecular complexity index is 574. The number of nitrogens with zero attached hydrogens (tertiary/aromatic N) is 1. The maximum absolute atomic E-state index is 5.28. The van der Waals surface area contributed by atoms with Crippen molar-refractivity contribution in [1.82, 2.24) is 10.3 Å². The second kappa shape index (κ2) is 6.16. The van der Waals surface area contributed by atoms with Crippen LogP contribution in [0.15, 0.2) is 24.5 Å². The molecule has 0 aromatic carbocycles. The van der Waals surface area contributed by atoms with Crippen LogP contribution < -0.4 is 10.1 Å². The van der Waals surface area contributed by atoms with E-state index < -0.39 is 0 Å². The van der Waals surface area contributed by atoms with Crippen molar-refractivity contribution in [3.8, 4) is 5.75 Å². The molecule has 0 fully saturated rings. The number of thioether (sulfide) groups is 1. The van der Waals surface area contributed by atoms with Crippen LogP contribution in [0, 0.1) is 0 Å². The molecule has 2 aromatic rings. The van der Waals surface area contributed by atoms with Crippen molar-refractivity contribution in [1.29, 1.82) is 0 Å². The first-order chi connectivity index (χ1) is 9.81. The van der Waals surface area contributed by atoms with Crippen LogP contribution >= 0.6 is 23.1 Å². The van der Waals surface area contributed by atoms with Crippen LogP contribution in [0.5, 0.6) is 5.75 Å². The normalized spacial score (nSPS) is 15.7. The number of aromatic nitrogens is 1. The monoisotopic (exact) mass is 306 g/mol. The van der Waals surface area contributed by atoms with E-state index in [9.17, 15) is 0 Å². The predicted octanol–water partition coefficient (Wildman–Crippen LogP) is 3.25. The lowest BCUT2D eigenvalue weighted by Gasteiger charge is -2.15. The van der Waals surface area contributed by atoms with Crippen molar-refractivity contribution < 1.29 is 4.74 Å². The van der Waals surface area contributed by atoms with E-state index in [-0.39, 0.29) is 6.04 Å². The number of nitrogens with one attached hydrogen (secondary N) is 1. The minimum atomic E-state index is 0.193. The van der Waals surface area contributed by atoms with Gasteiger partial charge in [-0.25, -0.2) is 0 Å². The molecule has 5 heteroatoms. The summed E-state index contributed by atoms with van der Waals surface area (Å²) in [5.41, 5.74) is 2.66. The van der Waals surface area contributed by atoms with Crippen molar-refractivity contribution in [3.63, 3.8) is 0 Å². The molecular weight excluding hydrogens is 288 g/mol. The molecule has 3 rings (SSSR count). The summed E-state index contributed by atoms with van der Waals surface area (Å²) >= 11 is 3.96. The number of hydrogen-bond donors (Lipinski definition) is 1. The first-order valence-electron chi connectivity index (χ1n) is 6.67. The van der Waals surface area contributed by atoms with Gasteiger partial charge in [0, 0.05) is 21.7 Å². The molecule has 106 valence electrons. The highest BCUT2D eigenvalue weighted by Gasteiger charge is 2.20. The Morgan fingerprint density at radius 3 is 3.00 bits per heavy atom. The predicted molar refractivity (Wildman–Crippen MR) is 85.9 cm³/mol. The lowest BCUT2D eigenvalue weighted by Crippen LogP contribution is -2.16. The maximum Gasteiger partial charge on any atom is 0.137 e. The number of rotatable bonds is 4. The van der Waals surface area contributed by atoms with Crippen molar-refractivity contribution in [2.24, 2.45) is 0 Å². The molecule has 2 aromatic heterocycles. The van der Waals surface area contributed by atoms with Crippen LogP contribution in [0.4, 0.5) is 0 Å². The van der Waals surface area contributed by atoms with Crippen LogP contribution in [0.25, 0.3) is 0 Å². The molecule has 1 aliphatic rings. The second-order valence-electron chi connectivity index (χ2n) is 4.78. The first kappa shape index (κ1) is 13.9. The number of pyridine rings is 1. The fraction of sp³-hybridized carbons (Fsp3) is 0.400. The van der Waals surface area contributed by atoms with Gasteiger partial charge in [-0.05, 0) is 42.5 Å². The van der Waals surface area contributed by atoms with E-state index >= 15 is 0 Å². The Hall–Kier alpha value is -1.04. The minimum Gasteiger partial charge on any atom is -0.495 e. The number of ether oxygens (including phenoxy) is 1. The molecule has 3 nitrogen and oxygen atoms in total. The molecule has 1 N–H and O–H groups in total. The van der Waals surface area contributed by atoms with E-state index in [1.54, 1.807) is 18.2 Å². The van der Waals surface area contributed by atoms with E-state index in [0.29, 0.717) is 0 Å². The fourth-order valence-corrected chi connectivity index (χ4v) is 5.01. The van der Waals surface area contributed by atoms with Crippen molar-refractivity contribution in [2.75, 3.05) is 19.9 Å². The van der Waals surface area contributed by atoms with Gasteiger partial charge in [0.15, 0.2) is 0 Å². The average Bonchev–Trinajstić information content (AvgIpc) is 2.91. The number of methoxy groups -OCH3 is 1. The third-order valence-electron chi connectivity index (χ3n) is 3.52. The van der Waals surface area contributed by atoms with E-state index in [4.69, 9.17) is 4.74 Å². The van der Waals surface area contributed by atoms with Crippen LogP contribution in [-0.2, 0) is 12.2 Å². The lowest BCUT2D eigenvalue weighted by atomic mass is 10.1. The highest BCUT2D eigenvalue weighted by molar-refractivity contribution is 7.98. The van der Waals surface area contributed by atoms with Gasteiger partial charge in [-0.3, -0.25) is 4.98 Å². The SMILES string of the molecule is CNC(c1cncc(OC)c1)c1cc2c(s1)CCSC2. The van der Waals surface area contributed by atoms with Crippen molar-refractivity contribution in [3.05, 3.63) is 45.4 Å². The summed E-state index contributed by atoms with van der Waals surface area (Å²) in [6.07, 6.45) is 4.86. The number of hydrogen-bond acceptors (Lipinski definition) is 5. The average molecular weight is 306 g/mol. The molecule has 0 saturated heterocycles. The van der Waals surface area contributed by atoms with Gasteiger partial charge in [0.1, 0.15) is 5.75 Å². The summed E-state index contributed by atoms with van der Waals surface area (Å²) in [5, 5.41) is 3.40. The number of fused-ring (bicyclic) bond motifs is 1. The topological polar surface area (TPSA) is 34.2 Å². The summed E-state index contributed by atoms with van der Waals surface area (Å²) in [7, 11) is 3.67. The molecule has 0 radical (unpaired) electrons. The standard InChI is InChI=1S/C15H18N2OS2/c1-16-15(10-5-12(18-2)8-17-7-10)14-6-11-9-19-4-3-13(11)20-14/h5-8,15-16H,3-4,9H2,1-2H3. The maximum atomic E-state index is 5.28. The van der Waals surface area contributed by atoms with Crippen LogP contribution in [0.1, 0.15) is 26.9 Å². The van der Waals surface area contributed by atoms with Crippen molar-refractivity contribution >= 4 is 23.1 Å². The highest BCUT2D eigenvalue weighted by Crippen LogP contribution is 2.36. The first-order valence-corrected chi connectivity index (χ1v) is 8.64. The molecule has 0 aliphatic carbocycles. The third-order valence-corrected chi connectivity index (χ3v) is 5.83. The van der Waals surface area contributed by atoms with Crippen LogP contribution in [0.2, 0.25) is 0 Å². The molecular formula is C15H18N2OS2. The highest BCUT2D eigenvalue weighted by atomic mass is 32.2. The quantitative estimate of drug-likeness (QED) is 0.940. The molecule has 0 bridgehead atoms. The molecule has 0 saturated carbocycles. The van der Waals surface area contributed by atoms with Gasteiger partial charge in [-0.1, -0.05) is 0 Å². The Kier molecular flexibility index (Phi) is 4.29. The van der Waals surface area contributed by atoms with E-state index in [1.165, 1.54) is 22.6 Å². The molecule has 20 heavy (non-hydrogen) atoms. The molecule has 1 atom stereocenters. The van der Waals surface area contributed by atoms with Gasteiger partial charge in [0.05, 0.1) is 19.3 Å². The van der Waals surface area contributed by atoms with Gasteiger partial charge in [-0.15, -0.1) is 11.3 Å². The van der Waals surface area contributed by atoms with Gasteiger partial charge in [-0.2, -0.15) is 11.8 Å². The third kappa shape index (κ3) is 2.71. The lowest BCUT2D eigenvalue weighted by molar-refractivity contribution is 0.411. The zero-order valence-corrected chi connectivity index (χ0v) is 13.3. The zero-order chi connectivity index (χ0) is 13.9. The molecule has 0 spiro atoms. The van der Waals surface area contributed by atoms with Gasteiger partial charge in [0.2, 0.25) is 0 Å². The summed E-state index contributed by atoms with van der Waals surface area (Å²) < 4.78 is 5.28. The molecule has 1 unspecified atom stereocenters. The summed E-state index contributed by atoms with van der Waals surface area (Å²) in [6, 6.07) is 4.60. The molecule has 1 aliphatic heterocycles. The summed E-state index contributed by atoms with van der Waals surface area (Å²) in [4.78, 5) is 7.19. The summed E-state index contributed by atoms with van der Waals surface area (Å²) in [6.45, 7) is 0. The van der Waals surface area contributed by atoms with Crippen LogP contribution in [0.3, 0.4) is 0 Å². The summed E-state index contributed by atoms with van der Waals surface area (Å²) in [5.74, 6) is 3.20. The Balaban J connectivity index is 1.94. The largest absolute Gasteiger partial charge is 0.495 e. The molecule has 3 heterocycles. The van der Waals surface area contributed by atoms with E-state index in [0.717, 1.165) is 17.1 Å². The van der Waals surface area contributed by atoms with E-state index in [1.807, 2.05) is 36.3 Å². The Morgan fingerprint density at radius 1 is 1.35 bits per heavy atom. The Labute approximate surface area is 127 Å². The van der Waals surface area contributed by atoms with Gasteiger partial charge in [0.25, 0.3) is 0 Å². The number of aryl methyl sites for hydroxylation is 1. The van der Waals surface area contributed by atoms with E-state index in [2.05, 4.69) is 22.4 Å². The fourth-order valence-electron chi connectivity index (χ4n) is 2.49. The van der Waals surface area contributed by atoms with Crippen molar-refractivity contribution in [2.45, 2.75) is 18.2 Å².